The first kappa shape index (κ1) is 11.0. The van der Waals surface area contributed by atoms with E-state index in [4.69, 9.17) is 5.73 Å². The number of nitrogens with zero attached hydrogens (tertiary/aromatic N) is 1. The van der Waals surface area contributed by atoms with Gasteiger partial charge in [0.15, 0.2) is 0 Å². The van der Waals surface area contributed by atoms with Crippen molar-refractivity contribution in [2.75, 3.05) is 19.6 Å². The molecule has 0 amide bonds. The largest absolute Gasteiger partial charge is 0.330 e. The first-order chi connectivity index (χ1) is 6.27. The minimum absolute atomic E-state index is 0.786. The van der Waals surface area contributed by atoms with E-state index in [2.05, 4.69) is 18.7 Å². The minimum atomic E-state index is 0.786. The molecule has 0 bridgehead atoms. The number of piperidine rings is 1. The molecule has 2 atom stereocenters. The predicted octanol–water partition coefficient (Wildman–Crippen LogP) is 1.85. The standard InChI is InChI=1S/C11H24N2/c1-3-11-6-5-10(2)13(9-11)8-4-7-12/h10-11H,3-9,12H2,1-2H3/t10-,11-/m0/s1. The third kappa shape index (κ3) is 3.28. The van der Waals surface area contributed by atoms with Gasteiger partial charge in [0, 0.05) is 12.6 Å². The maximum atomic E-state index is 5.53. The van der Waals surface area contributed by atoms with Crippen molar-refractivity contribution in [3.63, 3.8) is 0 Å². The second kappa shape index (κ2) is 5.61. The van der Waals surface area contributed by atoms with Gasteiger partial charge in [-0.3, -0.25) is 0 Å². The molecule has 13 heavy (non-hydrogen) atoms. The van der Waals surface area contributed by atoms with Crippen molar-refractivity contribution in [2.45, 2.75) is 45.6 Å². The first-order valence-corrected chi connectivity index (χ1v) is 5.72. The lowest BCUT2D eigenvalue weighted by molar-refractivity contribution is 0.115. The Morgan fingerprint density at radius 1 is 1.38 bits per heavy atom. The lowest BCUT2D eigenvalue weighted by Gasteiger charge is -2.37. The normalized spacial score (nSPS) is 30.7. The summed E-state index contributed by atoms with van der Waals surface area (Å²) in [6.45, 7) is 8.00. The molecule has 1 rings (SSSR count). The monoisotopic (exact) mass is 184 g/mol. The van der Waals surface area contributed by atoms with Gasteiger partial charge in [-0.25, -0.2) is 0 Å². The van der Waals surface area contributed by atoms with Crippen LogP contribution in [-0.4, -0.2) is 30.6 Å². The van der Waals surface area contributed by atoms with Gasteiger partial charge in [-0.15, -0.1) is 0 Å². The van der Waals surface area contributed by atoms with E-state index in [0.29, 0.717) is 0 Å². The van der Waals surface area contributed by atoms with Crippen LogP contribution in [0.15, 0.2) is 0 Å². The van der Waals surface area contributed by atoms with Gasteiger partial charge in [0.2, 0.25) is 0 Å². The van der Waals surface area contributed by atoms with E-state index in [-0.39, 0.29) is 0 Å². The minimum Gasteiger partial charge on any atom is -0.330 e. The fraction of sp³-hybridized carbons (Fsp3) is 1.00. The zero-order valence-corrected chi connectivity index (χ0v) is 9.13. The highest BCUT2D eigenvalue weighted by atomic mass is 15.2. The molecule has 2 heteroatoms. The molecule has 1 aliphatic heterocycles. The van der Waals surface area contributed by atoms with E-state index >= 15 is 0 Å². The van der Waals surface area contributed by atoms with Crippen molar-refractivity contribution < 1.29 is 0 Å². The summed E-state index contributed by atoms with van der Waals surface area (Å²) in [4.78, 5) is 2.62. The van der Waals surface area contributed by atoms with Crippen LogP contribution in [0, 0.1) is 5.92 Å². The van der Waals surface area contributed by atoms with Gasteiger partial charge >= 0.3 is 0 Å². The number of nitrogens with two attached hydrogens (primary N) is 1. The maximum absolute atomic E-state index is 5.53. The molecule has 0 radical (unpaired) electrons. The summed E-state index contributed by atoms with van der Waals surface area (Å²) in [5.41, 5.74) is 5.53. The van der Waals surface area contributed by atoms with E-state index in [1.165, 1.54) is 32.4 Å². The van der Waals surface area contributed by atoms with Gasteiger partial charge in [-0.2, -0.15) is 0 Å². The Balaban J connectivity index is 2.31. The summed E-state index contributed by atoms with van der Waals surface area (Å²) in [5.74, 6) is 0.939. The van der Waals surface area contributed by atoms with Crippen LogP contribution in [0.2, 0.25) is 0 Å². The quantitative estimate of drug-likeness (QED) is 0.722. The summed E-state index contributed by atoms with van der Waals surface area (Å²) >= 11 is 0. The van der Waals surface area contributed by atoms with E-state index in [1.54, 1.807) is 0 Å². The lowest BCUT2D eigenvalue weighted by atomic mass is 9.91. The fourth-order valence-corrected chi connectivity index (χ4v) is 2.20. The van der Waals surface area contributed by atoms with Crippen LogP contribution < -0.4 is 5.73 Å². The zero-order chi connectivity index (χ0) is 9.68. The molecule has 1 heterocycles. The molecule has 0 saturated carbocycles. The van der Waals surface area contributed by atoms with Gasteiger partial charge < -0.3 is 10.6 Å². The van der Waals surface area contributed by atoms with Crippen LogP contribution in [0.25, 0.3) is 0 Å². The molecule has 0 aromatic heterocycles. The van der Waals surface area contributed by atoms with Crippen LogP contribution in [0.5, 0.6) is 0 Å². The van der Waals surface area contributed by atoms with E-state index in [1.807, 2.05) is 0 Å². The summed E-state index contributed by atoms with van der Waals surface area (Å²) in [6.07, 6.45) is 5.30. The maximum Gasteiger partial charge on any atom is 0.00671 e. The number of hydrogen-bond donors (Lipinski definition) is 1. The number of hydrogen-bond acceptors (Lipinski definition) is 2. The number of likely N-dealkylation sites (tertiary alicyclic amines) is 1. The molecule has 1 saturated heterocycles. The SMILES string of the molecule is CC[C@H]1CC[C@H](C)N(CCCN)C1. The lowest BCUT2D eigenvalue weighted by Crippen LogP contribution is -2.42. The van der Waals surface area contributed by atoms with Crippen molar-refractivity contribution in [1.82, 2.24) is 4.90 Å². The van der Waals surface area contributed by atoms with Gasteiger partial charge in [0.25, 0.3) is 0 Å². The Kier molecular flexibility index (Phi) is 4.74. The zero-order valence-electron chi connectivity index (χ0n) is 9.13. The van der Waals surface area contributed by atoms with Crippen molar-refractivity contribution in [1.29, 1.82) is 0 Å². The van der Waals surface area contributed by atoms with Crippen LogP contribution >= 0.6 is 0 Å². The molecular weight excluding hydrogens is 160 g/mol. The molecule has 0 aromatic rings. The van der Waals surface area contributed by atoms with Crippen molar-refractivity contribution in [3.8, 4) is 0 Å². The van der Waals surface area contributed by atoms with Gasteiger partial charge in [0.1, 0.15) is 0 Å². The highest BCUT2D eigenvalue weighted by Crippen LogP contribution is 2.23. The van der Waals surface area contributed by atoms with E-state index < -0.39 is 0 Å². The third-order valence-electron chi connectivity index (χ3n) is 3.34. The highest BCUT2D eigenvalue weighted by Gasteiger charge is 2.23. The van der Waals surface area contributed by atoms with Crippen molar-refractivity contribution in [3.05, 3.63) is 0 Å². The molecule has 2 nitrogen and oxygen atoms in total. The van der Waals surface area contributed by atoms with Crippen LogP contribution in [0.3, 0.4) is 0 Å². The fourth-order valence-electron chi connectivity index (χ4n) is 2.20. The van der Waals surface area contributed by atoms with Gasteiger partial charge in [-0.05, 0) is 45.2 Å². The highest BCUT2D eigenvalue weighted by molar-refractivity contribution is 4.78. The van der Waals surface area contributed by atoms with E-state index in [0.717, 1.165) is 24.9 Å². The third-order valence-corrected chi connectivity index (χ3v) is 3.34. The Labute approximate surface area is 82.5 Å². The van der Waals surface area contributed by atoms with Crippen LogP contribution in [0.4, 0.5) is 0 Å². The van der Waals surface area contributed by atoms with Crippen molar-refractivity contribution in [2.24, 2.45) is 11.7 Å². The molecule has 0 aromatic carbocycles. The van der Waals surface area contributed by atoms with Gasteiger partial charge in [-0.1, -0.05) is 13.3 Å². The molecule has 78 valence electrons. The molecule has 1 aliphatic rings. The molecule has 2 N–H and O–H groups in total. The summed E-state index contributed by atoms with van der Waals surface area (Å²) in [5, 5.41) is 0. The summed E-state index contributed by atoms with van der Waals surface area (Å²) < 4.78 is 0. The van der Waals surface area contributed by atoms with Crippen LogP contribution in [-0.2, 0) is 0 Å². The van der Waals surface area contributed by atoms with Crippen LogP contribution in [0.1, 0.15) is 39.5 Å². The van der Waals surface area contributed by atoms with E-state index in [9.17, 15) is 0 Å². The van der Waals surface area contributed by atoms with Gasteiger partial charge in [0.05, 0.1) is 0 Å². The molecule has 0 spiro atoms. The Hall–Kier alpha value is -0.0800. The Morgan fingerprint density at radius 3 is 2.77 bits per heavy atom. The molecule has 0 unspecified atom stereocenters. The molecule has 0 aliphatic carbocycles. The second-order valence-corrected chi connectivity index (χ2v) is 4.34. The van der Waals surface area contributed by atoms with Crippen molar-refractivity contribution >= 4 is 0 Å². The predicted molar refractivity (Wildman–Crippen MR) is 57.7 cm³/mol. The summed E-state index contributed by atoms with van der Waals surface area (Å²) in [6, 6.07) is 0.786. The topological polar surface area (TPSA) is 29.3 Å². The molecular formula is C11H24N2. The average Bonchev–Trinajstić information content (AvgIpc) is 2.17. The second-order valence-electron chi connectivity index (χ2n) is 4.34. The Morgan fingerprint density at radius 2 is 2.15 bits per heavy atom. The smallest absolute Gasteiger partial charge is 0.00671 e. The summed E-state index contributed by atoms with van der Waals surface area (Å²) in [7, 11) is 0. The average molecular weight is 184 g/mol. The molecule has 1 fully saturated rings. The Bertz CT molecular complexity index is 136. The number of rotatable bonds is 4. The first-order valence-electron chi connectivity index (χ1n) is 5.72.